The number of aliphatic imine (C=N–C) groups is 1. The Labute approximate surface area is 152 Å². The van der Waals surface area contributed by atoms with Crippen LogP contribution < -0.4 is 10.6 Å². The first-order valence-corrected chi connectivity index (χ1v) is 7.66. The van der Waals surface area contributed by atoms with Crippen molar-refractivity contribution >= 4 is 29.9 Å². The Balaban J connectivity index is 0.00000441. The number of guanidine groups is 1. The average molecular weight is 419 g/mol. The maximum atomic E-state index is 5.40. The van der Waals surface area contributed by atoms with Gasteiger partial charge in [-0.2, -0.15) is 0 Å². The smallest absolute Gasteiger partial charge is 0.191 e. The van der Waals surface area contributed by atoms with Gasteiger partial charge >= 0.3 is 0 Å². The number of halogens is 1. The van der Waals surface area contributed by atoms with Crippen LogP contribution in [0.2, 0.25) is 0 Å². The quantitative estimate of drug-likeness (QED) is 0.420. The second-order valence-electron chi connectivity index (χ2n) is 6.02. The number of ether oxygens (including phenoxy) is 1. The Bertz CT molecular complexity index is 438. The molecule has 0 aliphatic carbocycles. The molecule has 0 amide bonds. The molecule has 0 radical (unpaired) electrons. The molecule has 0 saturated carbocycles. The van der Waals surface area contributed by atoms with Crippen LogP contribution >= 0.6 is 24.0 Å². The molecule has 0 unspecified atom stereocenters. The Morgan fingerprint density at radius 3 is 2.18 bits per heavy atom. The standard InChI is InChI=1S/C17H29N3O.HI/c1-6-18-16(20-17(3,4)5)19-12-14-8-10-15(11-9-14)13-21-7-2;/h8-11H,6-7,12-13H2,1-5H3,(H2,18,19,20);1H. The van der Waals surface area contributed by atoms with Crippen LogP contribution in [0.4, 0.5) is 0 Å². The summed E-state index contributed by atoms with van der Waals surface area (Å²) in [6, 6.07) is 8.42. The number of rotatable bonds is 6. The molecule has 22 heavy (non-hydrogen) atoms. The van der Waals surface area contributed by atoms with E-state index in [2.05, 4.69) is 67.6 Å². The SMILES string of the molecule is CCNC(=NCc1ccc(COCC)cc1)NC(C)(C)C.I. The fraction of sp³-hybridized carbons (Fsp3) is 0.588. The molecule has 0 fully saturated rings. The van der Waals surface area contributed by atoms with E-state index in [-0.39, 0.29) is 29.5 Å². The van der Waals surface area contributed by atoms with E-state index < -0.39 is 0 Å². The van der Waals surface area contributed by atoms with Gasteiger partial charge in [0.25, 0.3) is 0 Å². The van der Waals surface area contributed by atoms with E-state index in [9.17, 15) is 0 Å². The van der Waals surface area contributed by atoms with Crippen molar-refractivity contribution in [1.82, 2.24) is 10.6 Å². The molecule has 4 nitrogen and oxygen atoms in total. The monoisotopic (exact) mass is 419 g/mol. The van der Waals surface area contributed by atoms with E-state index in [1.54, 1.807) is 0 Å². The number of hydrogen-bond donors (Lipinski definition) is 2. The minimum Gasteiger partial charge on any atom is -0.377 e. The van der Waals surface area contributed by atoms with Gasteiger partial charge < -0.3 is 15.4 Å². The van der Waals surface area contributed by atoms with Crippen LogP contribution in [0.5, 0.6) is 0 Å². The second-order valence-corrected chi connectivity index (χ2v) is 6.02. The van der Waals surface area contributed by atoms with Gasteiger partial charge in [0, 0.05) is 18.7 Å². The maximum Gasteiger partial charge on any atom is 0.191 e. The van der Waals surface area contributed by atoms with Crippen LogP contribution in [0.1, 0.15) is 45.7 Å². The first-order valence-electron chi connectivity index (χ1n) is 7.66. The highest BCUT2D eigenvalue weighted by Gasteiger charge is 2.11. The Hall–Kier alpha value is -0.820. The lowest BCUT2D eigenvalue weighted by atomic mass is 10.1. The number of hydrogen-bond acceptors (Lipinski definition) is 2. The third-order valence-corrected chi connectivity index (χ3v) is 2.75. The number of nitrogens with zero attached hydrogens (tertiary/aromatic N) is 1. The molecular formula is C17H30IN3O. The van der Waals surface area contributed by atoms with E-state index in [0.29, 0.717) is 13.2 Å². The molecule has 0 saturated heterocycles. The summed E-state index contributed by atoms with van der Waals surface area (Å²) in [5, 5.41) is 6.65. The van der Waals surface area contributed by atoms with Crippen molar-refractivity contribution in [1.29, 1.82) is 0 Å². The van der Waals surface area contributed by atoms with Crippen molar-refractivity contribution in [3.05, 3.63) is 35.4 Å². The highest BCUT2D eigenvalue weighted by Crippen LogP contribution is 2.07. The molecule has 1 aromatic carbocycles. The van der Waals surface area contributed by atoms with Gasteiger partial charge in [0.05, 0.1) is 13.2 Å². The largest absolute Gasteiger partial charge is 0.377 e. The van der Waals surface area contributed by atoms with Crippen LogP contribution in [0, 0.1) is 0 Å². The lowest BCUT2D eigenvalue weighted by Gasteiger charge is -2.23. The van der Waals surface area contributed by atoms with E-state index in [0.717, 1.165) is 19.1 Å². The summed E-state index contributed by atoms with van der Waals surface area (Å²) >= 11 is 0. The molecule has 0 heterocycles. The van der Waals surface area contributed by atoms with Crippen LogP contribution in [-0.2, 0) is 17.9 Å². The molecule has 0 aromatic heterocycles. The van der Waals surface area contributed by atoms with Gasteiger partial charge in [-0.15, -0.1) is 24.0 Å². The predicted molar refractivity (Wildman–Crippen MR) is 105 cm³/mol. The van der Waals surface area contributed by atoms with Crippen molar-refractivity contribution in [2.75, 3.05) is 13.2 Å². The summed E-state index contributed by atoms with van der Waals surface area (Å²) < 4.78 is 5.40. The fourth-order valence-electron chi connectivity index (χ4n) is 1.79. The molecular weight excluding hydrogens is 389 g/mol. The summed E-state index contributed by atoms with van der Waals surface area (Å²) in [5.74, 6) is 0.850. The maximum absolute atomic E-state index is 5.40. The van der Waals surface area contributed by atoms with Gasteiger partial charge in [0.1, 0.15) is 0 Å². The van der Waals surface area contributed by atoms with Crippen molar-refractivity contribution < 1.29 is 4.74 Å². The van der Waals surface area contributed by atoms with Gasteiger partial charge in [0.15, 0.2) is 5.96 Å². The summed E-state index contributed by atoms with van der Waals surface area (Å²) in [5.41, 5.74) is 2.40. The third-order valence-electron chi connectivity index (χ3n) is 2.75. The fourth-order valence-corrected chi connectivity index (χ4v) is 1.79. The zero-order valence-corrected chi connectivity index (χ0v) is 16.7. The average Bonchev–Trinajstić information content (AvgIpc) is 2.42. The number of benzene rings is 1. The zero-order valence-electron chi connectivity index (χ0n) is 14.4. The van der Waals surface area contributed by atoms with Crippen LogP contribution in [0.25, 0.3) is 0 Å². The highest BCUT2D eigenvalue weighted by atomic mass is 127. The van der Waals surface area contributed by atoms with Crippen molar-refractivity contribution in [3.63, 3.8) is 0 Å². The summed E-state index contributed by atoms with van der Waals surface area (Å²) in [7, 11) is 0. The molecule has 1 aromatic rings. The Morgan fingerprint density at radius 2 is 1.68 bits per heavy atom. The minimum absolute atomic E-state index is 0. The van der Waals surface area contributed by atoms with E-state index in [1.165, 1.54) is 11.1 Å². The normalized spacial score (nSPS) is 11.8. The summed E-state index contributed by atoms with van der Waals surface area (Å²) in [6.07, 6.45) is 0. The predicted octanol–water partition coefficient (Wildman–Crippen LogP) is 3.69. The minimum atomic E-state index is 0. The lowest BCUT2D eigenvalue weighted by Crippen LogP contribution is -2.47. The lowest BCUT2D eigenvalue weighted by molar-refractivity contribution is 0.134. The first kappa shape index (κ1) is 21.2. The molecule has 0 atom stereocenters. The van der Waals surface area contributed by atoms with Gasteiger partial charge in [-0.3, -0.25) is 0 Å². The molecule has 0 spiro atoms. The Morgan fingerprint density at radius 1 is 1.09 bits per heavy atom. The molecule has 2 N–H and O–H groups in total. The number of nitrogens with one attached hydrogen (secondary N) is 2. The van der Waals surface area contributed by atoms with Crippen molar-refractivity contribution in [2.45, 2.75) is 53.3 Å². The molecule has 1 rings (SSSR count). The van der Waals surface area contributed by atoms with Gasteiger partial charge in [-0.25, -0.2) is 4.99 Å². The highest BCUT2D eigenvalue weighted by molar-refractivity contribution is 14.0. The zero-order chi connectivity index (χ0) is 15.7. The Kier molecular flexibility index (Phi) is 10.4. The topological polar surface area (TPSA) is 45.7 Å². The molecule has 126 valence electrons. The molecule has 0 bridgehead atoms. The molecule has 5 heteroatoms. The van der Waals surface area contributed by atoms with Gasteiger partial charge in [-0.05, 0) is 45.7 Å². The molecule has 0 aliphatic heterocycles. The van der Waals surface area contributed by atoms with Gasteiger partial charge in [0.2, 0.25) is 0 Å². The van der Waals surface area contributed by atoms with Crippen LogP contribution in [0.3, 0.4) is 0 Å². The second kappa shape index (κ2) is 10.8. The van der Waals surface area contributed by atoms with E-state index >= 15 is 0 Å². The van der Waals surface area contributed by atoms with E-state index in [4.69, 9.17) is 4.74 Å². The summed E-state index contributed by atoms with van der Waals surface area (Å²) in [4.78, 5) is 4.62. The summed E-state index contributed by atoms with van der Waals surface area (Å²) in [6.45, 7) is 13.4. The van der Waals surface area contributed by atoms with Crippen LogP contribution in [0.15, 0.2) is 29.3 Å². The molecule has 0 aliphatic rings. The van der Waals surface area contributed by atoms with Crippen molar-refractivity contribution in [2.24, 2.45) is 4.99 Å². The van der Waals surface area contributed by atoms with E-state index in [1.807, 2.05) is 6.92 Å². The first-order chi connectivity index (χ1) is 9.94. The van der Waals surface area contributed by atoms with Crippen molar-refractivity contribution in [3.8, 4) is 0 Å². The third kappa shape index (κ3) is 9.25. The van der Waals surface area contributed by atoms with Crippen LogP contribution in [-0.4, -0.2) is 24.7 Å². The van der Waals surface area contributed by atoms with Gasteiger partial charge in [-0.1, -0.05) is 24.3 Å².